The third kappa shape index (κ3) is 3.85. The predicted molar refractivity (Wildman–Crippen MR) is 104 cm³/mol. The van der Waals surface area contributed by atoms with Crippen molar-refractivity contribution >= 4 is 28.7 Å². The predicted octanol–water partition coefficient (Wildman–Crippen LogP) is 2.16. The Hall–Kier alpha value is -2.73. The van der Waals surface area contributed by atoms with Gasteiger partial charge in [0.1, 0.15) is 0 Å². The smallest absolute Gasteiger partial charge is 0.257 e. The SMILES string of the molecule is Cc1ccc(N)cc1NC(=O)c1cc(N2CCN(C)CC2)ccc1N. The van der Waals surface area contributed by atoms with Gasteiger partial charge in [-0.15, -0.1) is 0 Å². The van der Waals surface area contributed by atoms with Crippen molar-refractivity contribution in [1.82, 2.24) is 4.90 Å². The summed E-state index contributed by atoms with van der Waals surface area (Å²) in [4.78, 5) is 17.3. The monoisotopic (exact) mass is 339 g/mol. The molecular weight excluding hydrogens is 314 g/mol. The molecule has 1 saturated heterocycles. The number of nitrogens with two attached hydrogens (primary N) is 2. The molecule has 2 aromatic rings. The van der Waals surface area contributed by atoms with Crippen molar-refractivity contribution in [3.63, 3.8) is 0 Å². The molecule has 0 aromatic heterocycles. The highest BCUT2D eigenvalue weighted by atomic mass is 16.1. The Morgan fingerprint density at radius 1 is 1.04 bits per heavy atom. The zero-order valence-corrected chi connectivity index (χ0v) is 14.7. The molecule has 0 spiro atoms. The highest BCUT2D eigenvalue weighted by molar-refractivity contribution is 6.08. The molecule has 5 N–H and O–H groups in total. The average Bonchev–Trinajstić information content (AvgIpc) is 2.59. The Bertz CT molecular complexity index is 781. The van der Waals surface area contributed by atoms with Crippen molar-refractivity contribution in [2.75, 3.05) is 54.9 Å². The van der Waals surface area contributed by atoms with E-state index in [4.69, 9.17) is 11.5 Å². The van der Waals surface area contributed by atoms with Gasteiger partial charge in [0, 0.05) is 48.9 Å². The number of benzene rings is 2. The molecule has 0 atom stereocenters. The minimum atomic E-state index is -0.220. The van der Waals surface area contributed by atoms with E-state index in [9.17, 15) is 4.79 Å². The molecule has 0 radical (unpaired) electrons. The van der Waals surface area contributed by atoms with E-state index in [1.165, 1.54) is 0 Å². The lowest BCUT2D eigenvalue weighted by Gasteiger charge is -2.34. The fraction of sp³-hybridized carbons (Fsp3) is 0.316. The fourth-order valence-corrected chi connectivity index (χ4v) is 2.97. The van der Waals surface area contributed by atoms with E-state index in [1.54, 1.807) is 12.1 Å². The number of amides is 1. The maximum absolute atomic E-state index is 12.7. The topological polar surface area (TPSA) is 87.6 Å². The summed E-state index contributed by atoms with van der Waals surface area (Å²) in [6.45, 7) is 5.83. The molecule has 1 aliphatic rings. The second kappa shape index (κ2) is 7.03. The number of carbonyl (C=O) groups is 1. The normalized spacial score (nSPS) is 15.2. The van der Waals surface area contributed by atoms with E-state index < -0.39 is 0 Å². The Kier molecular flexibility index (Phi) is 4.81. The maximum Gasteiger partial charge on any atom is 0.257 e. The van der Waals surface area contributed by atoms with Gasteiger partial charge in [-0.05, 0) is 49.9 Å². The summed E-state index contributed by atoms with van der Waals surface area (Å²) >= 11 is 0. The first-order valence-electron chi connectivity index (χ1n) is 8.44. The quantitative estimate of drug-likeness (QED) is 0.746. The number of nitrogens with zero attached hydrogens (tertiary/aromatic N) is 2. The van der Waals surface area contributed by atoms with Gasteiger partial charge >= 0.3 is 0 Å². The Labute approximate surface area is 148 Å². The lowest BCUT2D eigenvalue weighted by Crippen LogP contribution is -2.44. The van der Waals surface area contributed by atoms with Crippen LogP contribution in [0.5, 0.6) is 0 Å². The van der Waals surface area contributed by atoms with Crippen molar-refractivity contribution in [3.05, 3.63) is 47.5 Å². The van der Waals surface area contributed by atoms with Crippen LogP contribution in [0.15, 0.2) is 36.4 Å². The largest absolute Gasteiger partial charge is 0.399 e. The number of likely N-dealkylation sites (N-methyl/N-ethyl adjacent to an activating group) is 1. The van der Waals surface area contributed by atoms with Crippen LogP contribution in [0.4, 0.5) is 22.7 Å². The van der Waals surface area contributed by atoms with Gasteiger partial charge in [0.05, 0.1) is 5.56 Å². The first kappa shape index (κ1) is 17.1. The summed E-state index contributed by atoms with van der Waals surface area (Å²) in [5.41, 5.74) is 16.1. The highest BCUT2D eigenvalue weighted by Crippen LogP contribution is 2.25. The van der Waals surface area contributed by atoms with Gasteiger partial charge in [-0.25, -0.2) is 0 Å². The van der Waals surface area contributed by atoms with Gasteiger partial charge in [-0.1, -0.05) is 6.07 Å². The van der Waals surface area contributed by atoms with E-state index in [-0.39, 0.29) is 5.91 Å². The van der Waals surface area contributed by atoms with Crippen LogP contribution in [-0.4, -0.2) is 44.0 Å². The van der Waals surface area contributed by atoms with E-state index in [0.717, 1.165) is 37.4 Å². The van der Waals surface area contributed by atoms with Crippen LogP contribution in [0.3, 0.4) is 0 Å². The number of aryl methyl sites for hydroxylation is 1. The maximum atomic E-state index is 12.7. The summed E-state index contributed by atoms with van der Waals surface area (Å²) in [5.74, 6) is -0.220. The number of piperazine rings is 1. The molecule has 0 unspecified atom stereocenters. The molecule has 1 heterocycles. The van der Waals surface area contributed by atoms with Crippen LogP contribution in [0.1, 0.15) is 15.9 Å². The molecule has 0 saturated carbocycles. The molecule has 6 nitrogen and oxygen atoms in total. The van der Waals surface area contributed by atoms with Crippen molar-refractivity contribution in [3.8, 4) is 0 Å². The number of carbonyl (C=O) groups excluding carboxylic acids is 1. The first-order valence-corrected chi connectivity index (χ1v) is 8.44. The third-order valence-corrected chi connectivity index (χ3v) is 4.66. The molecule has 2 aromatic carbocycles. The number of nitrogens with one attached hydrogen (secondary N) is 1. The number of rotatable bonds is 3. The van der Waals surface area contributed by atoms with E-state index in [1.807, 2.05) is 31.2 Å². The van der Waals surface area contributed by atoms with E-state index in [2.05, 4.69) is 22.2 Å². The van der Waals surface area contributed by atoms with Gasteiger partial charge in [0.2, 0.25) is 0 Å². The van der Waals surface area contributed by atoms with Gasteiger partial charge in [-0.2, -0.15) is 0 Å². The fourth-order valence-electron chi connectivity index (χ4n) is 2.97. The number of anilines is 4. The van der Waals surface area contributed by atoms with Gasteiger partial charge in [-0.3, -0.25) is 4.79 Å². The van der Waals surface area contributed by atoms with Crippen LogP contribution in [0.25, 0.3) is 0 Å². The van der Waals surface area contributed by atoms with Gasteiger partial charge < -0.3 is 26.6 Å². The summed E-state index contributed by atoms with van der Waals surface area (Å²) < 4.78 is 0. The minimum Gasteiger partial charge on any atom is -0.399 e. The summed E-state index contributed by atoms with van der Waals surface area (Å²) in [6.07, 6.45) is 0. The van der Waals surface area contributed by atoms with Gasteiger partial charge in [0.15, 0.2) is 0 Å². The summed E-state index contributed by atoms with van der Waals surface area (Å²) in [7, 11) is 2.12. The second-order valence-electron chi connectivity index (χ2n) is 6.59. The third-order valence-electron chi connectivity index (χ3n) is 4.66. The van der Waals surface area contributed by atoms with Crippen LogP contribution in [0.2, 0.25) is 0 Å². The Balaban J connectivity index is 1.82. The zero-order chi connectivity index (χ0) is 18.0. The molecular formula is C19H25N5O. The number of hydrogen-bond donors (Lipinski definition) is 3. The molecule has 0 bridgehead atoms. The lowest BCUT2D eigenvalue weighted by atomic mass is 10.1. The van der Waals surface area contributed by atoms with Crippen LogP contribution in [0, 0.1) is 6.92 Å². The highest BCUT2D eigenvalue weighted by Gasteiger charge is 2.18. The van der Waals surface area contributed by atoms with Crippen molar-refractivity contribution in [2.45, 2.75) is 6.92 Å². The van der Waals surface area contributed by atoms with Crippen molar-refractivity contribution in [1.29, 1.82) is 0 Å². The lowest BCUT2D eigenvalue weighted by molar-refractivity contribution is 0.102. The number of hydrogen-bond acceptors (Lipinski definition) is 5. The van der Waals surface area contributed by atoms with Crippen LogP contribution < -0.4 is 21.7 Å². The second-order valence-corrected chi connectivity index (χ2v) is 6.59. The molecule has 132 valence electrons. The molecule has 0 aliphatic carbocycles. The van der Waals surface area contributed by atoms with E-state index in [0.29, 0.717) is 22.6 Å². The van der Waals surface area contributed by atoms with Crippen LogP contribution >= 0.6 is 0 Å². The average molecular weight is 339 g/mol. The molecule has 1 fully saturated rings. The van der Waals surface area contributed by atoms with Gasteiger partial charge in [0.25, 0.3) is 5.91 Å². The van der Waals surface area contributed by atoms with Crippen molar-refractivity contribution in [2.24, 2.45) is 0 Å². The summed E-state index contributed by atoms with van der Waals surface area (Å²) in [6, 6.07) is 11.1. The van der Waals surface area contributed by atoms with Crippen LogP contribution in [-0.2, 0) is 0 Å². The molecule has 25 heavy (non-hydrogen) atoms. The molecule has 6 heteroatoms. The first-order chi connectivity index (χ1) is 11.9. The molecule has 3 rings (SSSR count). The van der Waals surface area contributed by atoms with Crippen molar-refractivity contribution < 1.29 is 4.79 Å². The van der Waals surface area contributed by atoms with E-state index >= 15 is 0 Å². The number of nitrogen functional groups attached to an aromatic ring is 2. The molecule has 1 aliphatic heterocycles. The minimum absolute atomic E-state index is 0.220. The Morgan fingerprint density at radius 2 is 1.76 bits per heavy atom. The molecule has 1 amide bonds. The Morgan fingerprint density at radius 3 is 2.48 bits per heavy atom. The standard InChI is InChI=1S/C19H25N5O/c1-13-3-4-14(20)11-18(13)22-19(25)16-12-15(5-6-17(16)21)24-9-7-23(2)8-10-24/h3-6,11-12H,7-10,20-21H2,1-2H3,(H,22,25). The zero-order valence-electron chi connectivity index (χ0n) is 14.7. The summed E-state index contributed by atoms with van der Waals surface area (Å²) in [5, 5.41) is 2.92.